The predicted molar refractivity (Wildman–Crippen MR) is 70.6 cm³/mol. The van der Waals surface area contributed by atoms with Gasteiger partial charge in [-0.3, -0.25) is 0 Å². The van der Waals surface area contributed by atoms with Gasteiger partial charge in [0.15, 0.2) is 0 Å². The van der Waals surface area contributed by atoms with Crippen LogP contribution in [0.15, 0.2) is 24.3 Å². The van der Waals surface area contributed by atoms with Gasteiger partial charge in [-0.15, -0.1) is 0 Å². The maximum atomic E-state index is 13.8. The van der Waals surface area contributed by atoms with E-state index < -0.39 is 0 Å². The van der Waals surface area contributed by atoms with Crippen molar-refractivity contribution in [3.63, 3.8) is 0 Å². The van der Waals surface area contributed by atoms with E-state index in [1.807, 2.05) is 27.0 Å². The molecule has 0 fully saturated rings. The van der Waals surface area contributed by atoms with Gasteiger partial charge in [-0.05, 0) is 51.6 Å². The van der Waals surface area contributed by atoms with E-state index in [1.54, 1.807) is 16.8 Å². The topological polar surface area (TPSA) is 29.9 Å². The predicted octanol–water partition coefficient (Wildman–Crippen LogP) is 2.39. The van der Waals surface area contributed by atoms with E-state index >= 15 is 0 Å². The van der Waals surface area contributed by atoms with Gasteiger partial charge >= 0.3 is 0 Å². The number of rotatable bonds is 4. The Kier molecular flexibility index (Phi) is 3.77. The van der Waals surface area contributed by atoms with E-state index in [9.17, 15) is 4.39 Å². The average molecular weight is 247 g/mol. The molecule has 0 spiro atoms. The Bertz CT molecular complexity index is 546. The molecule has 4 heteroatoms. The molecule has 0 aliphatic heterocycles. The summed E-state index contributed by atoms with van der Waals surface area (Å²) in [6.07, 6.45) is 0.905. The van der Waals surface area contributed by atoms with Gasteiger partial charge in [0.05, 0.1) is 5.69 Å². The van der Waals surface area contributed by atoms with E-state index in [-0.39, 0.29) is 5.82 Å². The van der Waals surface area contributed by atoms with Crippen LogP contribution in [0.3, 0.4) is 0 Å². The highest BCUT2D eigenvalue weighted by Gasteiger charge is 2.14. The number of nitrogens with one attached hydrogen (secondary N) is 1. The highest BCUT2D eigenvalue weighted by molar-refractivity contribution is 5.38. The van der Waals surface area contributed by atoms with Crippen molar-refractivity contribution in [3.05, 3.63) is 47.0 Å². The summed E-state index contributed by atoms with van der Waals surface area (Å²) >= 11 is 0. The second kappa shape index (κ2) is 5.31. The summed E-state index contributed by atoms with van der Waals surface area (Å²) in [6.45, 7) is 4.84. The molecule has 0 atom stereocenters. The van der Waals surface area contributed by atoms with Crippen LogP contribution in [0.4, 0.5) is 4.39 Å². The van der Waals surface area contributed by atoms with Crippen LogP contribution in [0.1, 0.15) is 17.0 Å². The van der Waals surface area contributed by atoms with Gasteiger partial charge in [0.1, 0.15) is 11.5 Å². The maximum absolute atomic E-state index is 13.8. The number of halogens is 1. The molecule has 0 saturated carbocycles. The quantitative estimate of drug-likeness (QED) is 0.899. The van der Waals surface area contributed by atoms with Crippen molar-refractivity contribution in [2.24, 2.45) is 0 Å². The summed E-state index contributed by atoms with van der Waals surface area (Å²) in [5.74, 6) is -0.247. The lowest BCUT2D eigenvalue weighted by atomic mass is 10.1. The van der Waals surface area contributed by atoms with Crippen molar-refractivity contribution in [2.75, 3.05) is 13.6 Å². The Morgan fingerprint density at radius 2 is 2.00 bits per heavy atom. The number of likely N-dealkylation sites (N-methyl/N-ethyl adjacent to an activating group) is 1. The van der Waals surface area contributed by atoms with E-state index in [0.717, 1.165) is 24.4 Å². The van der Waals surface area contributed by atoms with Crippen LogP contribution >= 0.6 is 0 Å². The second-order valence-electron chi connectivity index (χ2n) is 4.37. The summed E-state index contributed by atoms with van der Waals surface area (Å²) in [5.41, 5.74) is 3.67. The molecule has 0 amide bonds. The molecule has 1 aromatic heterocycles. The van der Waals surface area contributed by atoms with Crippen LogP contribution in [-0.2, 0) is 6.42 Å². The first-order chi connectivity index (χ1) is 8.65. The lowest BCUT2D eigenvalue weighted by Gasteiger charge is -2.06. The van der Waals surface area contributed by atoms with E-state index in [0.29, 0.717) is 5.69 Å². The highest BCUT2D eigenvalue weighted by Crippen LogP contribution is 2.20. The van der Waals surface area contributed by atoms with Crippen molar-refractivity contribution in [1.82, 2.24) is 15.1 Å². The first-order valence-electron chi connectivity index (χ1n) is 6.09. The zero-order valence-electron chi connectivity index (χ0n) is 11.0. The Morgan fingerprint density at radius 1 is 1.28 bits per heavy atom. The molecule has 1 N–H and O–H groups in total. The van der Waals surface area contributed by atoms with Crippen LogP contribution in [0, 0.1) is 19.7 Å². The van der Waals surface area contributed by atoms with Gasteiger partial charge in [0, 0.05) is 5.69 Å². The lowest BCUT2D eigenvalue weighted by molar-refractivity contribution is 0.608. The van der Waals surface area contributed by atoms with Gasteiger partial charge in [-0.25, -0.2) is 9.07 Å². The molecule has 3 nitrogen and oxygen atoms in total. The minimum absolute atomic E-state index is 0.247. The number of aryl methyl sites for hydroxylation is 1. The third-order valence-corrected chi connectivity index (χ3v) is 3.15. The second-order valence-corrected chi connectivity index (χ2v) is 4.37. The first-order valence-corrected chi connectivity index (χ1v) is 6.09. The molecule has 2 aromatic rings. The Morgan fingerprint density at radius 3 is 2.67 bits per heavy atom. The molecule has 1 aromatic carbocycles. The summed E-state index contributed by atoms with van der Waals surface area (Å²) in [6, 6.07) is 6.71. The smallest absolute Gasteiger partial charge is 0.148 e. The number of nitrogens with zero attached hydrogens (tertiary/aromatic N) is 2. The molecule has 0 bridgehead atoms. The summed E-state index contributed by atoms with van der Waals surface area (Å²) in [7, 11) is 1.92. The SMILES string of the molecule is CNCCc1c(C)nn(-c2ccccc2F)c1C. The van der Waals surface area contributed by atoms with E-state index in [1.165, 1.54) is 11.6 Å². The molecule has 18 heavy (non-hydrogen) atoms. The van der Waals surface area contributed by atoms with E-state index in [4.69, 9.17) is 0 Å². The van der Waals surface area contributed by atoms with Gasteiger partial charge in [0.25, 0.3) is 0 Å². The average Bonchev–Trinajstić information content (AvgIpc) is 2.63. The zero-order valence-corrected chi connectivity index (χ0v) is 11.0. The van der Waals surface area contributed by atoms with Crippen molar-refractivity contribution < 1.29 is 4.39 Å². The fraction of sp³-hybridized carbons (Fsp3) is 0.357. The van der Waals surface area contributed by atoms with Crippen LogP contribution in [0.5, 0.6) is 0 Å². The van der Waals surface area contributed by atoms with Crippen LogP contribution in [0.25, 0.3) is 5.69 Å². The minimum Gasteiger partial charge on any atom is -0.319 e. The molecular weight excluding hydrogens is 229 g/mol. The van der Waals surface area contributed by atoms with E-state index in [2.05, 4.69) is 10.4 Å². The van der Waals surface area contributed by atoms with Crippen molar-refractivity contribution in [1.29, 1.82) is 0 Å². The van der Waals surface area contributed by atoms with Crippen molar-refractivity contribution in [2.45, 2.75) is 20.3 Å². The fourth-order valence-electron chi connectivity index (χ4n) is 2.14. The Labute approximate surface area is 107 Å². The molecule has 1 heterocycles. The Hall–Kier alpha value is -1.68. The lowest BCUT2D eigenvalue weighted by Crippen LogP contribution is -2.11. The molecule has 0 unspecified atom stereocenters. The molecule has 0 aliphatic rings. The molecule has 0 aliphatic carbocycles. The maximum Gasteiger partial charge on any atom is 0.148 e. The molecule has 0 saturated heterocycles. The fourth-order valence-corrected chi connectivity index (χ4v) is 2.14. The van der Waals surface area contributed by atoms with Crippen LogP contribution in [0.2, 0.25) is 0 Å². The third kappa shape index (κ3) is 2.29. The van der Waals surface area contributed by atoms with Crippen LogP contribution < -0.4 is 5.32 Å². The zero-order chi connectivity index (χ0) is 13.1. The first kappa shape index (κ1) is 12.8. The van der Waals surface area contributed by atoms with Gasteiger partial charge in [-0.2, -0.15) is 5.10 Å². The van der Waals surface area contributed by atoms with Gasteiger partial charge in [-0.1, -0.05) is 12.1 Å². The molecule has 0 radical (unpaired) electrons. The standard InChI is InChI=1S/C14H18FN3/c1-10-12(8-9-16-3)11(2)18(17-10)14-7-5-4-6-13(14)15/h4-7,16H,8-9H2,1-3H3. The van der Waals surface area contributed by atoms with Crippen molar-refractivity contribution in [3.8, 4) is 5.69 Å². The summed E-state index contributed by atoms with van der Waals surface area (Å²) in [5, 5.41) is 7.56. The van der Waals surface area contributed by atoms with Gasteiger partial charge in [0.2, 0.25) is 0 Å². The number of benzene rings is 1. The minimum atomic E-state index is -0.247. The number of para-hydroxylation sites is 1. The number of hydrogen-bond acceptors (Lipinski definition) is 2. The molecule has 2 rings (SSSR count). The van der Waals surface area contributed by atoms with Crippen molar-refractivity contribution >= 4 is 0 Å². The number of hydrogen-bond donors (Lipinski definition) is 1. The number of aromatic nitrogens is 2. The monoisotopic (exact) mass is 247 g/mol. The Balaban J connectivity index is 2.44. The molecule has 96 valence electrons. The largest absolute Gasteiger partial charge is 0.319 e. The van der Waals surface area contributed by atoms with Gasteiger partial charge < -0.3 is 5.32 Å². The summed E-state index contributed by atoms with van der Waals surface area (Å²) in [4.78, 5) is 0. The third-order valence-electron chi connectivity index (χ3n) is 3.15. The highest BCUT2D eigenvalue weighted by atomic mass is 19.1. The summed E-state index contributed by atoms with van der Waals surface area (Å²) < 4.78 is 15.5. The normalized spacial score (nSPS) is 10.9. The van der Waals surface area contributed by atoms with Crippen LogP contribution in [-0.4, -0.2) is 23.4 Å². The molecular formula is C14H18FN3.